The monoisotopic (exact) mass is 487 g/mol. The first-order valence-electron chi connectivity index (χ1n) is 11.1. The van der Waals surface area contributed by atoms with Gasteiger partial charge in [0.2, 0.25) is 0 Å². The normalized spacial score (nSPS) is 14.9. The molecule has 8 heteroatoms. The smallest absolute Gasteiger partial charge is 0.337 e. The van der Waals surface area contributed by atoms with Crippen LogP contribution in [0.5, 0.6) is 0 Å². The van der Waals surface area contributed by atoms with Crippen LogP contribution in [0.1, 0.15) is 39.8 Å². The van der Waals surface area contributed by atoms with E-state index in [2.05, 4.69) is 12.2 Å². The van der Waals surface area contributed by atoms with Gasteiger partial charge in [0.25, 0.3) is 11.8 Å². The number of amides is 2. The number of hydrogen-bond donors (Lipinski definition) is 1. The molecule has 35 heavy (non-hydrogen) atoms. The molecule has 2 aromatic carbocycles. The average molecular weight is 488 g/mol. The molecule has 178 valence electrons. The van der Waals surface area contributed by atoms with Gasteiger partial charge in [-0.2, -0.15) is 0 Å². The molecule has 0 saturated carbocycles. The third-order valence-electron chi connectivity index (χ3n) is 6.00. The van der Waals surface area contributed by atoms with Crippen LogP contribution in [0.3, 0.4) is 0 Å². The molecule has 0 bridgehead atoms. The molecule has 1 N–H and O–H groups in total. The summed E-state index contributed by atoms with van der Waals surface area (Å²) in [6, 6.07) is 16.5. The fourth-order valence-corrected chi connectivity index (χ4v) is 4.43. The summed E-state index contributed by atoms with van der Waals surface area (Å²) in [5.41, 5.74) is 5.30. The van der Waals surface area contributed by atoms with E-state index in [9.17, 15) is 14.4 Å². The Bertz CT molecular complexity index is 1390. The second-order valence-electron chi connectivity index (χ2n) is 8.18. The second kappa shape index (κ2) is 9.68. The molecule has 0 radical (unpaired) electrons. The molecule has 0 unspecified atom stereocenters. The number of rotatable bonds is 5. The summed E-state index contributed by atoms with van der Waals surface area (Å²) in [4.78, 5) is 39.4. The van der Waals surface area contributed by atoms with Crippen LogP contribution in [0.25, 0.3) is 11.8 Å². The van der Waals surface area contributed by atoms with Gasteiger partial charge in [-0.1, -0.05) is 25.1 Å². The van der Waals surface area contributed by atoms with Crippen LogP contribution in [-0.2, 0) is 20.7 Å². The number of aromatic nitrogens is 1. The van der Waals surface area contributed by atoms with Gasteiger partial charge in [-0.15, -0.1) is 0 Å². The van der Waals surface area contributed by atoms with Gasteiger partial charge < -0.3 is 9.30 Å². The summed E-state index contributed by atoms with van der Waals surface area (Å²) in [5.74, 6) is -1.46. The molecule has 0 aliphatic carbocycles. The Morgan fingerprint density at radius 2 is 1.77 bits per heavy atom. The summed E-state index contributed by atoms with van der Waals surface area (Å²) in [5, 5.41) is 2.67. The van der Waals surface area contributed by atoms with Crippen molar-refractivity contribution in [3.63, 3.8) is 0 Å². The Labute approximate surface area is 209 Å². The zero-order chi connectivity index (χ0) is 25.3. The van der Waals surface area contributed by atoms with Gasteiger partial charge in [0.05, 0.1) is 18.4 Å². The van der Waals surface area contributed by atoms with E-state index in [4.69, 9.17) is 17.0 Å². The van der Waals surface area contributed by atoms with Crippen LogP contribution in [0.4, 0.5) is 5.69 Å². The predicted octanol–water partition coefficient (Wildman–Crippen LogP) is 4.27. The number of aryl methyl sites for hydroxylation is 2. The Hall–Kier alpha value is -4.04. The van der Waals surface area contributed by atoms with E-state index in [0.717, 1.165) is 29.1 Å². The zero-order valence-corrected chi connectivity index (χ0v) is 20.7. The number of methoxy groups -OCH3 is 1. The molecule has 1 aromatic heterocycles. The topological polar surface area (TPSA) is 80.6 Å². The van der Waals surface area contributed by atoms with Gasteiger partial charge in [0.1, 0.15) is 5.57 Å². The molecule has 0 spiro atoms. The second-order valence-corrected chi connectivity index (χ2v) is 8.57. The van der Waals surface area contributed by atoms with Crippen LogP contribution in [0.2, 0.25) is 0 Å². The number of anilines is 1. The maximum atomic E-state index is 13.4. The number of thiocarbonyl (C=S) groups is 1. The number of ether oxygens (including phenoxy) is 1. The SMILES string of the molecule is CCc1ccc(N2C(=O)/C(=C/c3cc(C)n(-c4cccc(C(=O)OC)c4)c3C)C(=O)NC2=S)cc1. The highest BCUT2D eigenvalue weighted by Gasteiger charge is 2.34. The van der Waals surface area contributed by atoms with Crippen molar-refractivity contribution in [1.29, 1.82) is 0 Å². The Morgan fingerprint density at radius 1 is 1.06 bits per heavy atom. The van der Waals surface area contributed by atoms with Crippen molar-refractivity contribution in [3.05, 3.63) is 88.2 Å². The Kier molecular flexibility index (Phi) is 6.66. The highest BCUT2D eigenvalue weighted by atomic mass is 32.1. The number of esters is 1. The molecule has 7 nitrogen and oxygen atoms in total. The van der Waals surface area contributed by atoms with Crippen LogP contribution in [0, 0.1) is 13.8 Å². The van der Waals surface area contributed by atoms with Gasteiger partial charge in [-0.05, 0) is 86.1 Å². The van der Waals surface area contributed by atoms with Crippen LogP contribution >= 0.6 is 12.2 Å². The van der Waals surface area contributed by atoms with Crippen molar-refractivity contribution in [2.24, 2.45) is 0 Å². The first kappa shape index (κ1) is 24.1. The van der Waals surface area contributed by atoms with Gasteiger partial charge in [0, 0.05) is 17.1 Å². The molecule has 0 atom stereocenters. The Balaban J connectivity index is 1.73. The molecule has 1 fully saturated rings. The molecule has 1 saturated heterocycles. The van der Waals surface area contributed by atoms with Gasteiger partial charge in [-0.3, -0.25) is 19.8 Å². The summed E-state index contributed by atoms with van der Waals surface area (Å²) in [7, 11) is 1.34. The molecular weight excluding hydrogens is 462 g/mol. The number of carbonyl (C=O) groups excluding carboxylic acids is 3. The quantitative estimate of drug-likeness (QED) is 0.252. The van der Waals surface area contributed by atoms with Crippen LogP contribution in [0.15, 0.2) is 60.2 Å². The molecule has 4 rings (SSSR count). The highest BCUT2D eigenvalue weighted by Crippen LogP contribution is 2.27. The fraction of sp³-hybridized carbons (Fsp3) is 0.185. The number of nitrogens with one attached hydrogen (secondary N) is 1. The minimum atomic E-state index is -0.543. The van der Waals surface area contributed by atoms with Crippen molar-refractivity contribution in [2.45, 2.75) is 27.2 Å². The third kappa shape index (κ3) is 4.52. The van der Waals surface area contributed by atoms with E-state index >= 15 is 0 Å². The summed E-state index contributed by atoms with van der Waals surface area (Å²) >= 11 is 5.30. The minimum absolute atomic E-state index is 0.0123. The predicted molar refractivity (Wildman–Crippen MR) is 139 cm³/mol. The Morgan fingerprint density at radius 3 is 2.43 bits per heavy atom. The summed E-state index contributed by atoms with van der Waals surface area (Å²) in [6.07, 6.45) is 2.45. The van der Waals surface area contributed by atoms with E-state index in [1.165, 1.54) is 12.0 Å². The fourth-order valence-electron chi connectivity index (χ4n) is 4.15. The van der Waals surface area contributed by atoms with Crippen molar-refractivity contribution < 1.29 is 19.1 Å². The lowest BCUT2D eigenvalue weighted by molar-refractivity contribution is -0.122. The molecule has 2 amide bonds. The van der Waals surface area contributed by atoms with Crippen LogP contribution in [-0.4, -0.2) is 34.6 Å². The standard InChI is InChI=1S/C27H25N3O4S/c1-5-18-9-11-21(12-10-18)30-25(32)23(24(31)28-27(30)35)15-20-13-16(2)29(17(20)3)22-8-6-7-19(14-22)26(33)34-4/h6-15H,5H2,1-4H3,(H,28,31,35)/b23-15+. The van der Waals surface area contributed by atoms with E-state index < -0.39 is 17.8 Å². The lowest BCUT2D eigenvalue weighted by Crippen LogP contribution is -2.54. The lowest BCUT2D eigenvalue weighted by Gasteiger charge is -2.29. The number of carbonyl (C=O) groups is 3. The summed E-state index contributed by atoms with van der Waals surface area (Å²) < 4.78 is 6.78. The van der Waals surface area contributed by atoms with Crippen molar-refractivity contribution in [2.75, 3.05) is 12.0 Å². The molecular formula is C27H25N3O4S. The highest BCUT2D eigenvalue weighted by molar-refractivity contribution is 7.80. The van der Waals surface area contributed by atoms with Gasteiger partial charge in [-0.25, -0.2) is 4.79 Å². The lowest BCUT2D eigenvalue weighted by atomic mass is 10.1. The van der Waals surface area contributed by atoms with E-state index in [0.29, 0.717) is 16.8 Å². The molecule has 1 aliphatic heterocycles. The summed E-state index contributed by atoms with van der Waals surface area (Å²) in [6.45, 7) is 5.86. The van der Waals surface area contributed by atoms with Crippen molar-refractivity contribution >= 4 is 46.9 Å². The first-order valence-corrected chi connectivity index (χ1v) is 11.5. The zero-order valence-electron chi connectivity index (χ0n) is 19.9. The maximum absolute atomic E-state index is 13.4. The number of hydrogen-bond acceptors (Lipinski definition) is 5. The number of benzene rings is 2. The van der Waals surface area contributed by atoms with E-state index in [-0.39, 0.29) is 10.7 Å². The van der Waals surface area contributed by atoms with Crippen LogP contribution < -0.4 is 10.2 Å². The minimum Gasteiger partial charge on any atom is -0.465 e. The maximum Gasteiger partial charge on any atom is 0.337 e. The van der Waals surface area contributed by atoms with Gasteiger partial charge >= 0.3 is 5.97 Å². The van der Waals surface area contributed by atoms with Crippen molar-refractivity contribution in [1.82, 2.24) is 9.88 Å². The molecule has 2 heterocycles. The average Bonchev–Trinajstić information content (AvgIpc) is 3.14. The third-order valence-corrected chi connectivity index (χ3v) is 6.28. The number of nitrogens with zero attached hydrogens (tertiary/aromatic N) is 2. The van der Waals surface area contributed by atoms with Gasteiger partial charge in [0.15, 0.2) is 5.11 Å². The van der Waals surface area contributed by atoms with Crippen molar-refractivity contribution in [3.8, 4) is 5.69 Å². The molecule has 3 aromatic rings. The largest absolute Gasteiger partial charge is 0.465 e. The molecule has 1 aliphatic rings. The van der Waals surface area contributed by atoms with E-state index in [1.54, 1.807) is 24.3 Å². The van der Waals surface area contributed by atoms with E-state index in [1.807, 2.05) is 54.8 Å². The first-order chi connectivity index (χ1) is 16.7.